The molecule has 1 aliphatic rings. The highest BCUT2D eigenvalue weighted by atomic mass is 16.6. The molecule has 1 aliphatic heterocycles. The highest BCUT2D eigenvalue weighted by Gasteiger charge is 2.24. The van der Waals surface area contributed by atoms with E-state index in [0.717, 1.165) is 16.3 Å². The molecule has 0 bridgehead atoms. The Balaban J connectivity index is 1.45. The lowest BCUT2D eigenvalue weighted by atomic mass is 10.0. The first-order valence-electron chi connectivity index (χ1n) is 11.0. The van der Waals surface area contributed by atoms with E-state index < -0.39 is 11.9 Å². The Bertz CT molecular complexity index is 1510. The largest absolute Gasteiger partial charge is 0.493 e. The lowest BCUT2D eigenvalue weighted by Gasteiger charge is -2.11. The normalized spacial score (nSPS) is 14.1. The molecule has 0 saturated carbocycles. The van der Waals surface area contributed by atoms with E-state index in [0.29, 0.717) is 22.4 Å². The second kappa shape index (κ2) is 9.27. The molecule has 0 N–H and O–H groups in total. The van der Waals surface area contributed by atoms with Crippen LogP contribution in [0.25, 0.3) is 16.8 Å². The number of aliphatic imine (C=N–C) groups is 1. The van der Waals surface area contributed by atoms with Crippen LogP contribution in [0.5, 0.6) is 11.5 Å². The zero-order valence-corrected chi connectivity index (χ0v) is 19.1. The van der Waals surface area contributed by atoms with Crippen molar-refractivity contribution in [2.24, 2.45) is 4.99 Å². The molecule has 0 aromatic heterocycles. The zero-order chi connectivity index (χ0) is 24.4. The van der Waals surface area contributed by atoms with Gasteiger partial charge in [-0.25, -0.2) is 14.6 Å². The average molecular weight is 463 g/mol. The predicted molar refractivity (Wildman–Crippen MR) is 134 cm³/mol. The van der Waals surface area contributed by atoms with Gasteiger partial charge in [-0.1, -0.05) is 60.2 Å². The summed E-state index contributed by atoms with van der Waals surface area (Å²) in [7, 11) is 1.50. The minimum Gasteiger partial charge on any atom is -0.493 e. The van der Waals surface area contributed by atoms with E-state index >= 15 is 0 Å². The summed E-state index contributed by atoms with van der Waals surface area (Å²) in [6, 6.07) is 25.7. The number of ether oxygens (including phenoxy) is 3. The summed E-state index contributed by atoms with van der Waals surface area (Å²) in [5, 5.41) is 1.73. The highest BCUT2D eigenvalue weighted by molar-refractivity contribution is 6.13. The minimum atomic E-state index is -0.550. The Morgan fingerprint density at radius 1 is 0.914 bits per heavy atom. The van der Waals surface area contributed by atoms with Crippen molar-refractivity contribution in [1.29, 1.82) is 0 Å². The van der Waals surface area contributed by atoms with Crippen LogP contribution in [0, 0.1) is 6.92 Å². The number of rotatable bonds is 5. The fraction of sp³-hybridized carbons (Fsp3) is 0.0690. The molecule has 0 aliphatic carbocycles. The summed E-state index contributed by atoms with van der Waals surface area (Å²) in [6.45, 7) is 1.98. The first-order chi connectivity index (χ1) is 17.0. The molecule has 0 unspecified atom stereocenters. The molecular weight excluding hydrogens is 442 g/mol. The number of hydrogen-bond donors (Lipinski definition) is 0. The number of benzene rings is 4. The van der Waals surface area contributed by atoms with Crippen molar-refractivity contribution < 1.29 is 23.8 Å². The van der Waals surface area contributed by atoms with Gasteiger partial charge in [0.05, 0.1) is 12.7 Å². The van der Waals surface area contributed by atoms with Crippen molar-refractivity contribution >= 4 is 34.7 Å². The summed E-state index contributed by atoms with van der Waals surface area (Å²) in [4.78, 5) is 29.8. The van der Waals surface area contributed by atoms with E-state index in [4.69, 9.17) is 14.2 Å². The second-order valence-electron chi connectivity index (χ2n) is 8.03. The lowest BCUT2D eigenvalue weighted by molar-refractivity contribution is -0.129. The third kappa shape index (κ3) is 4.54. The molecule has 0 spiro atoms. The van der Waals surface area contributed by atoms with Crippen molar-refractivity contribution in [2.45, 2.75) is 6.92 Å². The van der Waals surface area contributed by atoms with Gasteiger partial charge >= 0.3 is 11.9 Å². The molecule has 4 aromatic carbocycles. The van der Waals surface area contributed by atoms with Crippen LogP contribution in [-0.2, 0) is 9.53 Å². The zero-order valence-electron chi connectivity index (χ0n) is 19.1. The molecular formula is C29H21NO5. The molecule has 6 heteroatoms. The van der Waals surface area contributed by atoms with Crippen LogP contribution in [0.4, 0.5) is 0 Å². The fourth-order valence-electron chi connectivity index (χ4n) is 3.81. The van der Waals surface area contributed by atoms with E-state index in [1.54, 1.807) is 30.3 Å². The summed E-state index contributed by atoms with van der Waals surface area (Å²) in [5.74, 6) is -0.194. The molecule has 4 aromatic rings. The first-order valence-corrected chi connectivity index (χ1v) is 11.0. The number of carbonyl (C=O) groups excluding carboxylic acids is 2. The van der Waals surface area contributed by atoms with Gasteiger partial charge in [0, 0.05) is 5.56 Å². The smallest absolute Gasteiger partial charge is 0.363 e. The number of fused-ring (bicyclic) bond motifs is 1. The molecule has 0 amide bonds. The van der Waals surface area contributed by atoms with Gasteiger partial charge in [0.25, 0.3) is 0 Å². The van der Waals surface area contributed by atoms with Crippen molar-refractivity contribution in [3.8, 4) is 11.5 Å². The number of cyclic esters (lactones) is 1. The van der Waals surface area contributed by atoms with Crippen molar-refractivity contribution in [3.63, 3.8) is 0 Å². The molecule has 1 heterocycles. The Morgan fingerprint density at radius 3 is 2.49 bits per heavy atom. The maximum absolute atomic E-state index is 13.0. The van der Waals surface area contributed by atoms with Crippen LogP contribution in [0.3, 0.4) is 0 Å². The summed E-state index contributed by atoms with van der Waals surface area (Å²) >= 11 is 0. The van der Waals surface area contributed by atoms with E-state index in [2.05, 4.69) is 4.99 Å². The van der Waals surface area contributed by atoms with Crippen LogP contribution in [-0.4, -0.2) is 24.9 Å². The van der Waals surface area contributed by atoms with Crippen LogP contribution in [0.15, 0.2) is 95.6 Å². The number of carbonyl (C=O) groups is 2. The van der Waals surface area contributed by atoms with Gasteiger partial charge in [-0.2, -0.15) is 0 Å². The maximum Gasteiger partial charge on any atom is 0.363 e. The van der Waals surface area contributed by atoms with Crippen LogP contribution < -0.4 is 9.47 Å². The van der Waals surface area contributed by atoms with Gasteiger partial charge in [0.15, 0.2) is 17.2 Å². The van der Waals surface area contributed by atoms with Crippen LogP contribution in [0.2, 0.25) is 0 Å². The molecule has 0 fully saturated rings. The van der Waals surface area contributed by atoms with Gasteiger partial charge in [-0.15, -0.1) is 0 Å². The molecule has 5 rings (SSSR count). The second-order valence-corrected chi connectivity index (χ2v) is 8.03. The van der Waals surface area contributed by atoms with E-state index in [9.17, 15) is 9.59 Å². The monoisotopic (exact) mass is 463 g/mol. The van der Waals surface area contributed by atoms with Crippen molar-refractivity contribution in [2.75, 3.05) is 7.11 Å². The lowest BCUT2D eigenvalue weighted by Crippen LogP contribution is -2.10. The quantitative estimate of drug-likeness (QED) is 0.215. The number of nitrogens with zero attached hydrogens (tertiary/aromatic N) is 1. The Labute approximate surface area is 202 Å². The molecule has 6 nitrogen and oxygen atoms in total. The van der Waals surface area contributed by atoms with E-state index in [-0.39, 0.29) is 17.3 Å². The number of methoxy groups -OCH3 is 1. The topological polar surface area (TPSA) is 74.2 Å². The summed E-state index contributed by atoms with van der Waals surface area (Å²) < 4.78 is 16.4. The molecule has 0 radical (unpaired) electrons. The minimum absolute atomic E-state index is 0.150. The van der Waals surface area contributed by atoms with Gasteiger partial charge in [0.1, 0.15) is 0 Å². The number of esters is 2. The average Bonchev–Trinajstić information content (AvgIpc) is 3.24. The number of hydrogen-bond acceptors (Lipinski definition) is 6. The summed E-state index contributed by atoms with van der Waals surface area (Å²) in [6.07, 6.45) is 1.58. The summed E-state index contributed by atoms with van der Waals surface area (Å²) in [5.41, 5.74) is 3.01. The van der Waals surface area contributed by atoms with E-state index in [1.165, 1.54) is 7.11 Å². The molecule has 0 atom stereocenters. The fourth-order valence-corrected chi connectivity index (χ4v) is 3.81. The van der Waals surface area contributed by atoms with Gasteiger partial charge in [0.2, 0.25) is 5.90 Å². The predicted octanol–water partition coefficient (Wildman–Crippen LogP) is 5.72. The third-order valence-electron chi connectivity index (χ3n) is 5.62. The molecule has 35 heavy (non-hydrogen) atoms. The maximum atomic E-state index is 13.0. The molecule has 0 saturated heterocycles. The molecule has 172 valence electrons. The van der Waals surface area contributed by atoms with Crippen molar-refractivity contribution in [3.05, 3.63) is 113 Å². The van der Waals surface area contributed by atoms with Crippen LogP contribution >= 0.6 is 0 Å². The van der Waals surface area contributed by atoms with Crippen molar-refractivity contribution in [1.82, 2.24) is 0 Å². The SMILES string of the molecule is COc1ccc(/C=C2/N=C(c3ccc(C)cc3)OC2=O)cc1OC(=O)c1cccc2ccccc12. The van der Waals surface area contributed by atoms with Gasteiger partial charge < -0.3 is 14.2 Å². The van der Waals surface area contributed by atoms with Crippen LogP contribution in [0.1, 0.15) is 27.0 Å². The standard InChI is InChI=1S/C29H21NO5/c1-18-10-13-21(14-11-18)27-30-24(29(32)35-27)16-19-12-15-25(33-2)26(17-19)34-28(31)23-9-5-7-20-6-3-4-8-22(20)23/h3-17H,1-2H3/b24-16+. The highest BCUT2D eigenvalue weighted by Crippen LogP contribution is 2.31. The first kappa shape index (κ1) is 22.1. The van der Waals surface area contributed by atoms with Gasteiger partial charge in [-0.05, 0) is 59.7 Å². The van der Waals surface area contributed by atoms with E-state index in [1.807, 2.05) is 67.6 Å². The Morgan fingerprint density at radius 2 is 1.69 bits per heavy atom. The Kier molecular flexibility index (Phi) is 5.85. The Hall–Kier alpha value is -4.71. The van der Waals surface area contributed by atoms with Gasteiger partial charge in [-0.3, -0.25) is 0 Å². The third-order valence-corrected chi connectivity index (χ3v) is 5.62. The number of aryl methyl sites for hydroxylation is 1.